The Bertz CT molecular complexity index is 1170. The summed E-state index contributed by atoms with van der Waals surface area (Å²) in [4.78, 5) is 9.42. The van der Waals surface area contributed by atoms with Gasteiger partial charge in [0.15, 0.2) is 11.5 Å². The minimum absolute atomic E-state index is 0.429. The number of methoxy groups -OCH3 is 3. The van der Waals surface area contributed by atoms with Crippen molar-refractivity contribution >= 4 is 34.1 Å². The fraction of sp³-hybridized carbons (Fsp3) is 0.130. The SMILES string of the molecule is COc1cc(Nc2nc(-c3ccccc3)c3ccc(Cl)cc3n2)cc(OC)c1OC. The van der Waals surface area contributed by atoms with Gasteiger partial charge in [-0.1, -0.05) is 41.9 Å². The van der Waals surface area contributed by atoms with Gasteiger partial charge in [0, 0.05) is 33.8 Å². The Labute approximate surface area is 179 Å². The summed E-state index contributed by atoms with van der Waals surface area (Å²) >= 11 is 6.21. The van der Waals surface area contributed by atoms with Crippen LogP contribution >= 0.6 is 11.6 Å². The number of nitrogens with one attached hydrogen (secondary N) is 1. The van der Waals surface area contributed by atoms with Gasteiger partial charge in [0.2, 0.25) is 11.7 Å². The molecular formula is C23H20ClN3O3. The van der Waals surface area contributed by atoms with Crippen LogP contribution in [0, 0.1) is 0 Å². The summed E-state index contributed by atoms with van der Waals surface area (Å²) in [7, 11) is 4.71. The number of aromatic nitrogens is 2. The fourth-order valence-electron chi connectivity index (χ4n) is 3.26. The average molecular weight is 422 g/mol. The number of nitrogens with zero attached hydrogens (tertiary/aromatic N) is 2. The number of ether oxygens (including phenoxy) is 3. The third-order valence-corrected chi connectivity index (χ3v) is 4.86. The number of halogens is 1. The van der Waals surface area contributed by atoms with E-state index in [2.05, 4.69) is 10.3 Å². The van der Waals surface area contributed by atoms with Crippen LogP contribution in [0.5, 0.6) is 17.2 Å². The minimum atomic E-state index is 0.429. The van der Waals surface area contributed by atoms with E-state index < -0.39 is 0 Å². The van der Waals surface area contributed by atoms with Crippen molar-refractivity contribution in [2.75, 3.05) is 26.6 Å². The second-order valence-corrected chi connectivity index (χ2v) is 6.90. The van der Waals surface area contributed by atoms with Crippen molar-refractivity contribution in [3.8, 4) is 28.5 Å². The molecule has 4 aromatic rings. The zero-order chi connectivity index (χ0) is 21.1. The van der Waals surface area contributed by atoms with Gasteiger partial charge in [-0.15, -0.1) is 0 Å². The standard InChI is InChI=1S/C23H20ClN3O3/c1-28-19-12-16(13-20(29-2)22(19)30-3)25-23-26-18-11-15(24)9-10-17(18)21(27-23)14-7-5-4-6-8-14/h4-13H,1-3H3,(H,25,26,27). The number of benzene rings is 3. The van der Waals surface area contributed by atoms with E-state index in [0.717, 1.165) is 22.2 Å². The van der Waals surface area contributed by atoms with Crippen molar-refractivity contribution in [2.45, 2.75) is 0 Å². The van der Waals surface area contributed by atoms with Gasteiger partial charge < -0.3 is 19.5 Å². The van der Waals surface area contributed by atoms with Crippen LogP contribution in [0.1, 0.15) is 0 Å². The van der Waals surface area contributed by atoms with Crippen LogP contribution in [-0.2, 0) is 0 Å². The van der Waals surface area contributed by atoms with E-state index >= 15 is 0 Å². The number of rotatable bonds is 6. The zero-order valence-corrected chi connectivity index (χ0v) is 17.5. The summed E-state index contributed by atoms with van der Waals surface area (Å²) < 4.78 is 16.3. The van der Waals surface area contributed by atoms with Crippen molar-refractivity contribution in [1.82, 2.24) is 9.97 Å². The molecule has 6 nitrogen and oxygen atoms in total. The highest BCUT2D eigenvalue weighted by Gasteiger charge is 2.15. The Morgan fingerprint density at radius 2 is 1.50 bits per heavy atom. The molecule has 1 heterocycles. The van der Waals surface area contributed by atoms with E-state index in [1.807, 2.05) is 48.5 Å². The van der Waals surface area contributed by atoms with Gasteiger partial charge in [0.1, 0.15) is 0 Å². The molecule has 1 N–H and O–H groups in total. The van der Waals surface area contributed by atoms with Gasteiger partial charge >= 0.3 is 0 Å². The molecule has 30 heavy (non-hydrogen) atoms. The molecule has 0 aliphatic heterocycles. The van der Waals surface area contributed by atoms with Gasteiger partial charge in [-0.25, -0.2) is 9.97 Å². The molecule has 7 heteroatoms. The highest BCUT2D eigenvalue weighted by molar-refractivity contribution is 6.31. The number of fused-ring (bicyclic) bond motifs is 1. The van der Waals surface area contributed by atoms with Crippen LogP contribution in [0.4, 0.5) is 11.6 Å². The molecule has 0 aliphatic rings. The van der Waals surface area contributed by atoms with Gasteiger partial charge in [-0.2, -0.15) is 0 Å². The Kier molecular flexibility index (Phi) is 5.59. The van der Waals surface area contributed by atoms with E-state index in [-0.39, 0.29) is 0 Å². The van der Waals surface area contributed by atoms with Crippen LogP contribution in [0.2, 0.25) is 5.02 Å². The molecule has 0 radical (unpaired) electrons. The predicted octanol–water partition coefficient (Wildman–Crippen LogP) is 5.72. The summed E-state index contributed by atoms with van der Waals surface area (Å²) in [6.07, 6.45) is 0. The first kappa shape index (κ1) is 19.8. The van der Waals surface area contributed by atoms with E-state index in [1.54, 1.807) is 33.5 Å². The van der Waals surface area contributed by atoms with Crippen LogP contribution in [-0.4, -0.2) is 31.3 Å². The summed E-state index contributed by atoms with van der Waals surface area (Å²) in [5.41, 5.74) is 3.24. The van der Waals surface area contributed by atoms with Crippen molar-refractivity contribution in [2.24, 2.45) is 0 Å². The van der Waals surface area contributed by atoms with Crippen molar-refractivity contribution in [1.29, 1.82) is 0 Å². The van der Waals surface area contributed by atoms with E-state index in [0.29, 0.717) is 33.9 Å². The lowest BCUT2D eigenvalue weighted by molar-refractivity contribution is 0.324. The zero-order valence-electron chi connectivity index (χ0n) is 16.8. The molecule has 152 valence electrons. The first-order chi connectivity index (χ1) is 14.6. The molecule has 4 rings (SSSR count). The average Bonchev–Trinajstić information content (AvgIpc) is 2.78. The maximum Gasteiger partial charge on any atom is 0.228 e. The number of hydrogen-bond donors (Lipinski definition) is 1. The van der Waals surface area contributed by atoms with Crippen molar-refractivity contribution in [3.05, 3.63) is 65.7 Å². The van der Waals surface area contributed by atoms with Crippen molar-refractivity contribution in [3.63, 3.8) is 0 Å². The Balaban J connectivity index is 1.84. The molecule has 0 saturated carbocycles. The second-order valence-electron chi connectivity index (χ2n) is 6.46. The first-order valence-electron chi connectivity index (χ1n) is 9.22. The largest absolute Gasteiger partial charge is 0.493 e. The van der Waals surface area contributed by atoms with Crippen molar-refractivity contribution < 1.29 is 14.2 Å². The van der Waals surface area contributed by atoms with E-state index in [4.69, 9.17) is 30.8 Å². The summed E-state index contributed by atoms with van der Waals surface area (Å²) in [5, 5.41) is 4.77. The van der Waals surface area contributed by atoms with Gasteiger partial charge in [-0.05, 0) is 18.2 Å². The van der Waals surface area contributed by atoms with Crippen LogP contribution < -0.4 is 19.5 Å². The monoisotopic (exact) mass is 421 g/mol. The molecule has 0 atom stereocenters. The first-order valence-corrected chi connectivity index (χ1v) is 9.60. The van der Waals surface area contributed by atoms with Gasteiger partial charge in [-0.3, -0.25) is 0 Å². The third-order valence-electron chi connectivity index (χ3n) is 4.63. The number of anilines is 2. The maximum atomic E-state index is 6.21. The molecule has 0 fully saturated rings. The lowest BCUT2D eigenvalue weighted by atomic mass is 10.1. The van der Waals surface area contributed by atoms with E-state index in [9.17, 15) is 0 Å². The smallest absolute Gasteiger partial charge is 0.228 e. The maximum absolute atomic E-state index is 6.21. The Morgan fingerprint density at radius 1 is 0.800 bits per heavy atom. The quantitative estimate of drug-likeness (QED) is 0.429. The predicted molar refractivity (Wildman–Crippen MR) is 119 cm³/mol. The lowest BCUT2D eigenvalue weighted by Gasteiger charge is -2.15. The summed E-state index contributed by atoms with van der Waals surface area (Å²) in [6.45, 7) is 0. The normalized spacial score (nSPS) is 10.7. The molecule has 3 aromatic carbocycles. The van der Waals surface area contributed by atoms with E-state index in [1.165, 1.54) is 0 Å². The molecular weight excluding hydrogens is 402 g/mol. The van der Waals surface area contributed by atoms with Crippen LogP contribution in [0.25, 0.3) is 22.2 Å². The molecule has 0 spiro atoms. The molecule has 0 amide bonds. The molecule has 0 bridgehead atoms. The molecule has 0 aliphatic carbocycles. The summed E-state index contributed by atoms with van der Waals surface area (Å²) in [6, 6.07) is 19.2. The number of hydrogen-bond acceptors (Lipinski definition) is 6. The topological polar surface area (TPSA) is 65.5 Å². The Hall–Kier alpha value is -3.51. The van der Waals surface area contributed by atoms with Gasteiger partial charge in [0.25, 0.3) is 0 Å². The van der Waals surface area contributed by atoms with Crippen LogP contribution in [0.3, 0.4) is 0 Å². The van der Waals surface area contributed by atoms with Gasteiger partial charge in [0.05, 0.1) is 32.5 Å². The third kappa shape index (κ3) is 3.82. The van der Waals surface area contributed by atoms with Crippen LogP contribution in [0.15, 0.2) is 60.7 Å². The fourth-order valence-corrected chi connectivity index (χ4v) is 3.42. The minimum Gasteiger partial charge on any atom is -0.493 e. The highest BCUT2D eigenvalue weighted by Crippen LogP contribution is 2.40. The second kappa shape index (κ2) is 8.47. The lowest BCUT2D eigenvalue weighted by Crippen LogP contribution is -2.02. The summed E-state index contributed by atoms with van der Waals surface area (Å²) in [5.74, 6) is 2.01. The highest BCUT2D eigenvalue weighted by atomic mass is 35.5. The Morgan fingerprint density at radius 3 is 2.13 bits per heavy atom. The molecule has 1 aromatic heterocycles. The molecule has 0 saturated heterocycles. The molecule has 0 unspecified atom stereocenters.